The minimum Gasteiger partial charge on any atom is -0.465 e. The second-order valence-electron chi connectivity index (χ2n) is 7.01. The van der Waals surface area contributed by atoms with Crippen LogP contribution in [0.3, 0.4) is 0 Å². The van der Waals surface area contributed by atoms with Gasteiger partial charge in [-0.3, -0.25) is 9.89 Å². The van der Waals surface area contributed by atoms with Gasteiger partial charge in [-0.15, -0.1) is 24.0 Å². The van der Waals surface area contributed by atoms with E-state index in [4.69, 9.17) is 9.15 Å². The van der Waals surface area contributed by atoms with E-state index in [-0.39, 0.29) is 30.0 Å². The maximum Gasteiger partial charge on any atom is 0.193 e. The van der Waals surface area contributed by atoms with Gasteiger partial charge in [-0.05, 0) is 31.2 Å². The minimum atomic E-state index is 0. The van der Waals surface area contributed by atoms with Crippen molar-refractivity contribution in [2.45, 2.75) is 19.5 Å². The Labute approximate surface area is 184 Å². The molecule has 156 valence electrons. The molecular formula is C20H32IN5O2. The van der Waals surface area contributed by atoms with Crippen molar-refractivity contribution in [1.29, 1.82) is 0 Å². The van der Waals surface area contributed by atoms with Crippen molar-refractivity contribution in [1.82, 2.24) is 19.7 Å². The molecule has 0 spiro atoms. The third kappa shape index (κ3) is 5.74. The van der Waals surface area contributed by atoms with E-state index in [0.29, 0.717) is 0 Å². The molecule has 1 fully saturated rings. The van der Waals surface area contributed by atoms with Crippen LogP contribution in [0.5, 0.6) is 0 Å². The number of rotatable bonds is 6. The Morgan fingerprint density at radius 1 is 1.29 bits per heavy atom. The number of hydrogen-bond acceptors (Lipinski definition) is 4. The van der Waals surface area contributed by atoms with Gasteiger partial charge in [0, 0.05) is 52.7 Å². The average molecular weight is 501 g/mol. The Hall–Kier alpha value is -1.52. The lowest BCUT2D eigenvalue weighted by Crippen LogP contribution is -2.46. The number of furan rings is 1. The van der Waals surface area contributed by atoms with Gasteiger partial charge in [-0.2, -0.15) is 0 Å². The molecule has 1 saturated heterocycles. The van der Waals surface area contributed by atoms with Crippen LogP contribution in [0.4, 0.5) is 0 Å². The van der Waals surface area contributed by atoms with Crippen LogP contribution < -0.4 is 5.32 Å². The Bertz CT molecular complexity index is 751. The predicted octanol–water partition coefficient (Wildman–Crippen LogP) is 2.63. The van der Waals surface area contributed by atoms with E-state index in [0.717, 1.165) is 56.9 Å². The first-order valence-corrected chi connectivity index (χ1v) is 9.48. The summed E-state index contributed by atoms with van der Waals surface area (Å²) in [6, 6.07) is 8.45. The first-order chi connectivity index (χ1) is 13.1. The van der Waals surface area contributed by atoms with Crippen LogP contribution in [0.2, 0.25) is 0 Å². The summed E-state index contributed by atoms with van der Waals surface area (Å²) in [4.78, 5) is 9.02. The van der Waals surface area contributed by atoms with Crippen molar-refractivity contribution in [2.75, 3.05) is 46.9 Å². The SMILES string of the molecule is CN=C(NCC(c1ccc(C)o1)N1CCOCC1)N(C)Cc1cccn1C.I. The van der Waals surface area contributed by atoms with Crippen molar-refractivity contribution >= 4 is 29.9 Å². The van der Waals surface area contributed by atoms with Gasteiger partial charge in [0.1, 0.15) is 11.5 Å². The fourth-order valence-electron chi connectivity index (χ4n) is 3.48. The van der Waals surface area contributed by atoms with Gasteiger partial charge in [0.25, 0.3) is 0 Å². The van der Waals surface area contributed by atoms with E-state index in [1.165, 1.54) is 5.69 Å². The van der Waals surface area contributed by atoms with E-state index in [1.807, 2.05) is 20.0 Å². The van der Waals surface area contributed by atoms with E-state index < -0.39 is 0 Å². The highest BCUT2D eigenvalue weighted by molar-refractivity contribution is 14.0. The molecule has 0 saturated carbocycles. The summed E-state index contributed by atoms with van der Waals surface area (Å²) in [5.41, 5.74) is 1.24. The van der Waals surface area contributed by atoms with Crippen LogP contribution in [-0.4, -0.2) is 67.3 Å². The first-order valence-electron chi connectivity index (χ1n) is 9.48. The number of nitrogens with one attached hydrogen (secondary N) is 1. The predicted molar refractivity (Wildman–Crippen MR) is 122 cm³/mol. The monoisotopic (exact) mass is 501 g/mol. The molecule has 1 atom stereocenters. The summed E-state index contributed by atoms with van der Waals surface area (Å²) in [6.45, 7) is 6.85. The maximum atomic E-state index is 5.95. The minimum absolute atomic E-state index is 0. The molecule has 0 aliphatic carbocycles. The summed E-state index contributed by atoms with van der Waals surface area (Å²) in [5.74, 6) is 2.80. The quantitative estimate of drug-likeness (QED) is 0.375. The molecule has 1 aliphatic heterocycles. The third-order valence-electron chi connectivity index (χ3n) is 5.05. The number of halogens is 1. The summed E-state index contributed by atoms with van der Waals surface area (Å²) in [7, 11) is 5.95. The maximum absolute atomic E-state index is 5.95. The zero-order valence-electron chi connectivity index (χ0n) is 17.2. The number of aryl methyl sites for hydroxylation is 2. The van der Waals surface area contributed by atoms with Crippen molar-refractivity contribution in [3.05, 3.63) is 47.7 Å². The Balaban J connectivity index is 0.00000280. The molecule has 7 nitrogen and oxygen atoms in total. The lowest BCUT2D eigenvalue weighted by Gasteiger charge is -2.34. The van der Waals surface area contributed by atoms with Gasteiger partial charge in [0.15, 0.2) is 5.96 Å². The van der Waals surface area contributed by atoms with Gasteiger partial charge in [0.2, 0.25) is 0 Å². The number of ether oxygens (including phenoxy) is 1. The highest BCUT2D eigenvalue weighted by atomic mass is 127. The summed E-state index contributed by atoms with van der Waals surface area (Å²) in [6.07, 6.45) is 2.06. The molecule has 1 unspecified atom stereocenters. The number of hydrogen-bond donors (Lipinski definition) is 1. The normalized spacial score (nSPS) is 16.5. The number of aromatic nitrogens is 1. The fourth-order valence-corrected chi connectivity index (χ4v) is 3.48. The molecule has 1 N–H and O–H groups in total. The van der Waals surface area contributed by atoms with Gasteiger partial charge in [0.05, 0.1) is 25.8 Å². The van der Waals surface area contributed by atoms with Gasteiger partial charge < -0.3 is 23.9 Å². The smallest absolute Gasteiger partial charge is 0.193 e. The third-order valence-corrected chi connectivity index (χ3v) is 5.05. The second kappa shape index (κ2) is 10.9. The van der Waals surface area contributed by atoms with Crippen LogP contribution in [0.15, 0.2) is 39.9 Å². The molecule has 2 aromatic rings. The van der Waals surface area contributed by atoms with E-state index in [1.54, 1.807) is 0 Å². The Morgan fingerprint density at radius 3 is 2.61 bits per heavy atom. The van der Waals surface area contributed by atoms with Gasteiger partial charge in [-0.25, -0.2) is 0 Å². The molecule has 0 bridgehead atoms. The molecular weight excluding hydrogens is 469 g/mol. The first kappa shape index (κ1) is 22.8. The Morgan fingerprint density at radius 2 is 2.04 bits per heavy atom. The van der Waals surface area contributed by atoms with Crippen molar-refractivity contribution in [2.24, 2.45) is 12.0 Å². The molecule has 2 aromatic heterocycles. The van der Waals surface area contributed by atoms with Crippen LogP contribution in [-0.2, 0) is 18.3 Å². The van der Waals surface area contributed by atoms with E-state index >= 15 is 0 Å². The number of aliphatic imine (C=N–C) groups is 1. The lowest BCUT2D eigenvalue weighted by molar-refractivity contribution is 0.0123. The largest absolute Gasteiger partial charge is 0.465 e. The molecule has 8 heteroatoms. The number of morpholine rings is 1. The van der Waals surface area contributed by atoms with Crippen LogP contribution in [0, 0.1) is 6.92 Å². The zero-order valence-corrected chi connectivity index (χ0v) is 19.6. The molecule has 0 aromatic carbocycles. The second-order valence-corrected chi connectivity index (χ2v) is 7.01. The molecule has 3 rings (SSSR count). The van der Waals surface area contributed by atoms with Crippen LogP contribution in [0.1, 0.15) is 23.3 Å². The highest BCUT2D eigenvalue weighted by Gasteiger charge is 2.25. The number of guanidine groups is 1. The van der Waals surface area contributed by atoms with E-state index in [9.17, 15) is 0 Å². The summed E-state index contributed by atoms with van der Waals surface area (Å²) >= 11 is 0. The molecule has 28 heavy (non-hydrogen) atoms. The average Bonchev–Trinajstić information content (AvgIpc) is 3.28. The zero-order chi connectivity index (χ0) is 19.2. The molecule has 0 radical (unpaired) electrons. The van der Waals surface area contributed by atoms with Crippen LogP contribution >= 0.6 is 24.0 Å². The lowest BCUT2D eigenvalue weighted by atomic mass is 10.1. The van der Waals surface area contributed by atoms with Crippen LogP contribution in [0.25, 0.3) is 0 Å². The van der Waals surface area contributed by atoms with Crippen molar-refractivity contribution < 1.29 is 9.15 Å². The van der Waals surface area contributed by atoms with Crippen molar-refractivity contribution in [3.8, 4) is 0 Å². The molecule has 3 heterocycles. The Kier molecular flexibility index (Phi) is 8.84. The fraction of sp³-hybridized carbons (Fsp3) is 0.550. The van der Waals surface area contributed by atoms with Gasteiger partial charge >= 0.3 is 0 Å². The highest BCUT2D eigenvalue weighted by Crippen LogP contribution is 2.23. The summed E-state index contributed by atoms with van der Waals surface area (Å²) in [5, 5.41) is 3.53. The number of nitrogens with zero attached hydrogens (tertiary/aromatic N) is 4. The van der Waals surface area contributed by atoms with Gasteiger partial charge in [-0.1, -0.05) is 0 Å². The molecule has 0 amide bonds. The van der Waals surface area contributed by atoms with E-state index in [2.05, 4.69) is 63.2 Å². The standard InChI is InChI=1S/C20H31N5O2.HI/c1-16-7-8-19(27-16)18(25-10-12-26-13-11-25)14-22-20(21-2)24(4)15-17-6-5-9-23(17)3;/h5-9,18H,10-15H2,1-4H3,(H,21,22);1H. The topological polar surface area (TPSA) is 58.2 Å². The molecule has 1 aliphatic rings. The van der Waals surface area contributed by atoms with Crippen molar-refractivity contribution in [3.63, 3.8) is 0 Å². The summed E-state index contributed by atoms with van der Waals surface area (Å²) < 4.78 is 13.6.